The highest BCUT2D eigenvalue weighted by Crippen LogP contribution is 2.28. The van der Waals surface area contributed by atoms with E-state index in [-0.39, 0.29) is 5.92 Å². The van der Waals surface area contributed by atoms with Gasteiger partial charge < -0.3 is 0 Å². The number of hydrogen-bond acceptors (Lipinski definition) is 3. The van der Waals surface area contributed by atoms with Crippen molar-refractivity contribution in [3.63, 3.8) is 0 Å². The van der Waals surface area contributed by atoms with Crippen LogP contribution in [0.25, 0.3) is 16.9 Å². The summed E-state index contributed by atoms with van der Waals surface area (Å²) in [6, 6.07) is 7.90. The maximum Gasteiger partial charge on any atom is 0.170 e. The standard InChI is InChI=1S/C17H16ClN3O/c1-10(2)14-7-16(12-5-4-11(3)15(18)6-12)20-21-8-13(9-22)19-17(14)21/h4-10H,1-3H3. The number of nitrogens with zero attached hydrogens (tertiary/aromatic N) is 3. The van der Waals surface area contributed by atoms with Crippen molar-refractivity contribution in [2.75, 3.05) is 0 Å². The topological polar surface area (TPSA) is 47.3 Å². The van der Waals surface area contributed by atoms with E-state index in [9.17, 15) is 4.79 Å². The number of imidazole rings is 1. The second kappa shape index (κ2) is 5.54. The van der Waals surface area contributed by atoms with Crippen LogP contribution in [0.1, 0.15) is 41.4 Å². The number of aromatic nitrogens is 3. The number of fused-ring (bicyclic) bond motifs is 1. The minimum atomic E-state index is 0.270. The SMILES string of the molecule is Cc1ccc(-c2cc(C(C)C)c3nc(C=O)cn3n2)cc1Cl. The molecule has 112 valence electrons. The van der Waals surface area contributed by atoms with Crippen LogP contribution in [0, 0.1) is 6.92 Å². The van der Waals surface area contributed by atoms with Crippen LogP contribution < -0.4 is 0 Å². The number of aryl methyl sites for hydroxylation is 1. The Morgan fingerprint density at radius 1 is 1.27 bits per heavy atom. The van der Waals surface area contributed by atoms with Crippen molar-refractivity contribution in [1.29, 1.82) is 0 Å². The molecular formula is C17H16ClN3O. The molecule has 0 spiro atoms. The van der Waals surface area contributed by atoms with Gasteiger partial charge in [-0.25, -0.2) is 9.50 Å². The fraction of sp³-hybridized carbons (Fsp3) is 0.235. The molecule has 4 nitrogen and oxygen atoms in total. The molecule has 0 N–H and O–H groups in total. The smallest absolute Gasteiger partial charge is 0.170 e. The average molecular weight is 314 g/mol. The van der Waals surface area contributed by atoms with Crippen LogP contribution in [0.15, 0.2) is 30.5 Å². The Hall–Kier alpha value is -2.20. The molecule has 0 amide bonds. The summed E-state index contributed by atoms with van der Waals surface area (Å²) >= 11 is 6.22. The zero-order valence-corrected chi connectivity index (χ0v) is 13.4. The normalized spacial score (nSPS) is 11.3. The van der Waals surface area contributed by atoms with Gasteiger partial charge in [-0.1, -0.05) is 37.6 Å². The van der Waals surface area contributed by atoms with E-state index in [1.54, 1.807) is 10.7 Å². The molecular weight excluding hydrogens is 298 g/mol. The number of hydrogen-bond donors (Lipinski definition) is 0. The summed E-state index contributed by atoms with van der Waals surface area (Å²) in [5.41, 5.74) is 4.94. The zero-order chi connectivity index (χ0) is 15.9. The van der Waals surface area contributed by atoms with Crippen molar-refractivity contribution in [3.05, 3.63) is 52.3 Å². The summed E-state index contributed by atoms with van der Waals surface area (Å²) in [6.45, 7) is 6.15. The summed E-state index contributed by atoms with van der Waals surface area (Å²) in [6.07, 6.45) is 2.38. The molecule has 0 aliphatic carbocycles. The second-order valence-corrected chi connectivity index (χ2v) is 6.06. The van der Waals surface area contributed by atoms with Crippen LogP contribution in [0.5, 0.6) is 0 Å². The minimum absolute atomic E-state index is 0.270. The molecule has 0 bridgehead atoms. The number of aldehydes is 1. The highest BCUT2D eigenvalue weighted by molar-refractivity contribution is 6.31. The molecule has 0 saturated carbocycles. The van der Waals surface area contributed by atoms with E-state index in [0.717, 1.165) is 34.3 Å². The Bertz CT molecular complexity index is 868. The molecule has 0 radical (unpaired) electrons. The Labute approximate surface area is 133 Å². The van der Waals surface area contributed by atoms with Crippen LogP contribution in [-0.2, 0) is 0 Å². The van der Waals surface area contributed by atoms with Gasteiger partial charge in [-0.3, -0.25) is 4.79 Å². The van der Waals surface area contributed by atoms with Gasteiger partial charge in [0.25, 0.3) is 0 Å². The Morgan fingerprint density at radius 2 is 2.05 bits per heavy atom. The molecule has 0 unspecified atom stereocenters. The van der Waals surface area contributed by atoms with Gasteiger partial charge in [0.05, 0.1) is 11.9 Å². The van der Waals surface area contributed by atoms with Crippen molar-refractivity contribution < 1.29 is 4.79 Å². The summed E-state index contributed by atoms with van der Waals surface area (Å²) in [7, 11) is 0. The van der Waals surface area contributed by atoms with Crippen LogP contribution in [0.4, 0.5) is 0 Å². The van der Waals surface area contributed by atoms with Gasteiger partial charge in [-0.2, -0.15) is 5.10 Å². The van der Waals surface area contributed by atoms with Crippen molar-refractivity contribution in [3.8, 4) is 11.3 Å². The molecule has 5 heteroatoms. The lowest BCUT2D eigenvalue weighted by atomic mass is 10.0. The third-order valence-corrected chi connectivity index (χ3v) is 4.09. The Kier molecular flexibility index (Phi) is 3.71. The highest BCUT2D eigenvalue weighted by Gasteiger charge is 2.14. The van der Waals surface area contributed by atoms with Gasteiger partial charge >= 0.3 is 0 Å². The molecule has 0 atom stereocenters. The monoisotopic (exact) mass is 313 g/mol. The maximum absolute atomic E-state index is 11.0. The lowest BCUT2D eigenvalue weighted by Gasteiger charge is -2.10. The van der Waals surface area contributed by atoms with Gasteiger partial charge in [0.2, 0.25) is 0 Å². The van der Waals surface area contributed by atoms with Gasteiger partial charge in [0.15, 0.2) is 11.9 Å². The maximum atomic E-state index is 11.0. The summed E-state index contributed by atoms with van der Waals surface area (Å²) < 4.78 is 1.67. The van der Waals surface area contributed by atoms with Gasteiger partial charge in [-0.15, -0.1) is 0 Å². The molecule has 0 aliphatic rings. The zero-order valence-electron chi connectivity index (χ0n) is 12.7. The van der Waals surface area contributed by atoms with Gasteiger partial charge in [0, 0.05) is 16.1 Å². The molecule has 2 heterocycles. The lowest BCUT2D eigenvalue weighted by Crippen LogP contribution is -2.00. The van der Waals surface area contributed by atoms with Crippen LogP contribution in [-0.4, -0.2) is 20.9 Å². The molecule has 0 saturated heterocycles. The van der Waals surface area contributed by atoms with E-state index in [1.165, 1.54) is 0 Å². The molecule has 0 aliphatic heterocycles. The first kappa shape index (κ1) is 14.7. The fourth-order valence-electron chi connectivity index (χ4n) is 2.39. The molecule has 3 rings (SSSR count). The van der Waals surface area contributed by atoms with E-state index in [2.05, 4.69) is 23.9 Å². The average Bonchev–Trinajstić information content (AvgIpc) is 2.91. The van der Waals surface area contributed by atoms with E-state index < -0.39 is 0 Å². The van der Waals surface area contributed by atoms with Crippen molar-refractivity contribution >= 4 is 23.5 Å². The predicted octanol–water partition coefficient (Wildman–Crippen LogP) is 4.29. The summed E-state index contributed by atoms with van der Waals surface area (Å²) in [5.74, 6) is 0.270. The fourth-order valence-corrected chi connectivity index (χ4v) is 2.57. The highest BCUT2D eigenvalue weighted by atomic mass is 35.5. The van der Waals surface area contributed by atoms with Gasteiger partial charge in [0.1, 0.15) is 5.69 Å². The van der Waals surface area contributed by atoms with E-state index in [4.69, 9.17) is 11.6 Å². The summed E-state index contributed by atoms with van der Waals surface area (Å²) in [5, 5.41) is 5.28. The van der Waals surface area contributed by atoms with E-state index in [1.807, 2.05) is 31.2 Å². The molecule has 1 aromatic carbocycles. The quantitative estimate of drug-likeness (QED) is 0.677. The molecule has 3 aromatic rings. The van der Waals surface area contributed by atoms with Crippen molar-refractivity contribution in [2.45, 2.75) is 26.7 Å². The minimum Gasteiger partial charge on any atom is -0.296 e. The molecule has 0 fully saturated rings. The molecule has 22 heavy (non-hydrogen) atoms. The number of rotatable bonds is 3. The summed E-state index contributed by atoms with van der Waals surface area (Å²) in [4.78, 5) is 15.3. The number of carbonyl (C=O) groups is 1. The third-order valence-electron chi connectivity index (χ3n) is 3.68. The second-order valence-electron chi connectivity index (χ2n) is 5.66. The number of halogens is 1. The van der Waals surface area contributed by atoms with Crippen LogP contribution >= 0.6 is 11.6 Å². The largest absolute Gasteiger partial charge is 0.296 e. The van der Waals surface area contributed by atoms with E-state index >= 15 is 0 Å². The first-order valence-electron chi connectivity index (χ1n) is 7.11. The third kappa shape index (κ3) is 2.50. The number of benzene rings is 1. The number of carbonyl (C=O) groups excluding carboxylic acids is 1. The van der Waals surface area contributed by atoms with Crippen molar-refractivity contribution in [1.82, 2.24) is 14.6 Å². The Morgan fingerprint density at radius 3 is 2.68 bits per heavy atom. The van der Waals surface area contributed by atoms with E-state index in [0.29, 0.717) is 10.7 Å². The van der Waals surface area contributed by atoms with Gasteiger partial charge in [-0.05, 0) is 30.5 Å². The Balaban J connectivity index is 2.25. The first-order chi connectivity index (χ1) is 10.5. The van der Waals surface area contributed by atoms with Crippen LogP contribution in [0.3, 0.4) is 0 Å². The molecule has 2 aromatic heterocycles. The van der Waals surface area contributed by atoms with Crippen molar-refractivity contribution in [2.24, 2.45) is 0 Å². The first-order valence-corrected chi connectivity index (χ1v) is 7.49. The van der Waals surface area contributed by atoms with Crippen LogP contribution in [0.2, 0.25) is 5.02 Å². The lowest BCUT2D eigenvalue weighted by molar-refractivity contribution is 0.111. The predicted molar refractivity (Wildman–Crippen MR) is 87.6 cm³/mol.